The van der Waals surface area contributed by atoms with E-state index >= 15 is 0 Å². The van der Waals surface area contributed by atoms with Gasteiger partial charge in [-0.05, 0) is 18.3 Å². The van der Waals surface area contributed by atoms with E-state index in [1.54, 1.807) is 12.4 Å². The smallest absolute Gasteiger partial charge is 0.0841 e. The molecule has 1 aromatic rings. The first-order chi connectivity index (χ1) is 6.61. The highest BCUT2D eigenvalue weighted by Gasteiger charge is 2.36. The molecule has 0 bridgehead atoms. The molecule has 0 amide bonds. The number of nitrogens with one attached hydrogen (secondary N) is 1. The van der Waals surface area contributed by atoms with E-state index in [2.05, 4.69) is 17.2 Å². The zero-order chi connectivity index (χ0) is 10.2. The molecular formula is C10H14ClN3. The summed E-state index contributed by atoms with van der Waals surface area (Å²) >= 11 is 5.97. The van der Waals surface area contributed by atoms with Crippen LogP contribution >= 0.6 is 11.6 Å². The van der Waals surface area contributed by atoms with Gasteiger partial charge in [-0.3, -0.25) is 4.98 Å². The van der Waals surface area contributed by atoms with Gasteiger partial charge in [0.25, 0.3) is 0 Å². The predicted octanol–water partition coefficient (Wildman–Crippen LogP) is 2.53. The highest BCUT2D eigenvalue weighted by atomic mass is 35.5. The summed E-state index contributed by atoms with van der Waals surface area (Å²) in [4.78, 5) is 3.91. The highest BCUT2D eigenvalue weighted by molar-refractivity contribution is 6.33. The van der Waals surface area contributed by atoms with Crippen molar-refractivity contribution < 1.29 is 0 Å². The highest BCUT2D eigenvalue weighted by Crippen LogP contribution is 2.45. The molecule has 0 unspecified atom stereocenters. The first-order valence-electron chi connectivity index (χ1n) is 4.74. The monoisotopic (exact) mass is 211 g/mol. The van der Waals surface area contributed by atoms with Crippen LogP contribution < -0.4 is 11.1 Å². The molecule has 1 heterocycles. The summed E-state index contributed by atoms with van der Waals surface area (Å²) in [7, 11) is 0. The van der Waals surface area contributed by atoms with Crippen molar-refractivity contribution in [3.63, 3.8) is 0 Å². The zero-order valence-electron chi connectivity index (χ0n) is 8.18. The van der Waals surface area contributed by atoms with Crippen molar-refractivity contribution in [2.24, 2.45) is 5.41 Å². The topological polar surface area (TPSA) is 50.9 Å². The third-order valence-corrected chi connectivity index (χ3v) is 3.01. The molecule has 0 aliphatic heterocycles. The number of rotatable bonds is 3. The second kappa shape index (κ2) is 3.31. The zero-order valence-corrected chi connectivity index (χ0v) is 8.93. The Morgan fingerprint density at radius 3 is 2.86 bits per heavy atom. The Kier molecular flexibility index (Phi) is 2.27. The van der Waals surface area contributed by atoms with Gasteiger partial charge in [0.05, 0.1) is 22.6 Å². The molecule has 0 spiro atoms. The largest absolute Gasteiger partial charge is 0.396 e. The molecule has 1 aliphatic rings. The number of halogens is 1. The molecule has 76 valence electrons. The average Bonchev–Trinajstić information content (AvgIpc) is 2.83. The van der Waals surface area contributed by atoms with Crippen molar-refractivity contribution in [3.8, 4) is 0 Å². The van der Waals surface area contributed by atoms with Crippen molar-refractivity contribution in [1.82, 2.24) is 4.98 Å². The molecule has 3 N–H and O–H groups in total. The predicted molar refractivity (Wildman–Crippen MR) is 59.5 cm³/mol. The van der Waals surface area contributed by atoms with E-state index in [4.69, 9.17) is 17.3 Å². The van der Waals surface area contributed by atoms with Crippen molar-refractivity contribution in [3.05, 3.63) is 17.4 Å². The number of aromatic nitrogens is 1. The van der Waals surface area contributed by atoms with E-state index in [-0.39, 0.29) is 0 Å². The minimum Gasteiger partial charge on any atom is -0.396 e. The van der Waals surface area contributed by atoms with Crippen molar-refractivity contribution in [2.45, 2.75) is 19.8 Å². The first kappa shape index (κ1) is 9.59. The summed E-state index contributed by atoms with van der Waals surface area (Å²) in [5.74, 6) is 0. The second-order valence-electron chi connectivity index (χ2n) is 4.25. The van der Waals surface area contributed by atoms with E-state index < -0.39 is 0 Å². The summed E-state index contributed by atoms with van der Waals surface area (Å²) in [6.07, 6.45) is 5.78. The normalized spacial score (nSPS) is 17.9. The molecule has 0 saturated heterocycles. The van der Waals surface area contributed by atoms with Crippen LogP contribution in [0.25, 0.3) is 0 Å². The molecule has 4 heteroatoms. The SMILES string of the molecule is CC1(CNc2c(N)cncc2Cl)CC1. The number of hydrogen-bond donors (Lipinski definition) is 2. The van der Waals surface area contributed by atoms with Gasteiger partial charge in [-0.2, -0.15) is 0 Å². The lowest BCUT2D eigenvalue weighted by molar-refractivity contribution is 0.611. The molecule has 2 rings (SSSR count). The van der Waals surface area contributed by atoms with Crippen LogP contribution in [0.3, 0.4) is 0 Å². The van der Waals surface area contributed by atoms with Gasteiger partial charge in [0.2, 0.25) is 0 Å². The quantitative estimate of drug-likeness (QED) is 0.808. The number of hydrogen-bond acceptors (Lipinski definition) is 3. The summed E-state index contributed by atoms with van der Waals surface area (Å²) in [5, 5.41) is 3.88. The third kappa shape index (κ3) is 1.93. The minimum absolute atomic E-state index is 0.443. The average molecular weight is 212 g/mol. The standard InChI is InChI=1S/C10H14ClN3/c1-10(2-3-10)6-14-9-7(11)4-13-5-8(9)12/h4-5H,2-3,6,12H2,1H3,(H,13,14). The summed E-state index contributed by atoms with van der Waals surface area (Å²) < 4.78 is 0. The molecule has 0 aromatic carbocycles. The van der Waals surface area contributed by atoms with E-state index in [1.807, 2.05) is 0 Å². The second-order valence-corrected chi connectivity index (χ2v) is 4.66. The van der Waals surface area contributed by atoms with Crippen LogP contribution in [0.2, 0.25) is 5.02 Å². The molecule has 14 heavy (non-hydrogen) atoms. The molecule has 1 fully saturated rings. The minimum atomic E-state index is 0.443. The van der Waals surface area contributed by atoms with Crippen LogP contribution in [0, 0.1) is 5.41 Å². The summed E-state index contributed by atoms with van der Waals surface area (Å²) in [5.41, 5.74) is 7.63. The molecule has 0 radical (unpaired) electrons. The Bertz CT molecular complexity index is 327. The van der Waals surface area contributed by atoms with Gasteiger partial charge in [0.15, 0.2) is 0 Å². The fraction of sp³-hybridized carbons (Fsp3) is 0.500. The van der Waals surface area contributed by atoms with Gasteiger partial charge in [0, 0.05) is 12.7 Å². The van der Waals surface area contributed by atoms with Crippen LogP contribution in [-0.4, -0.2) is 11.5 Å². The van der Waals surface area contributed by atoms with E-state index in [0.717, 1.165) is 12.2 Å². The number of nitrogen functional groups attached to an aromatic ring is 1. The summed E-state index contributed by atoms with van der Waals surface area (Å²) in [6.45, 7) is 3.19. The first-order valence-corrected chi connectivity index (χ1v) is 5.11. The van der Waals surface area contributed by atoms with Gasteiger partial charge in [0.1, 0.15) is 0 Å². The van der Waals surface area contributed by atoms with Gasteiger partial charge in [-0.25, -0.2) is 0 Å². The van der Waals surface area contributed by atoms with Crippen molar-refractivity contribution >= 4 is 23.0 Å². The Balaban J connectivity index is 2.08. The maximum atomic E-state index is 5.97. The van der Waals surface area contributed by atoms with Crippen molar-refractivity contribution in [2.75, 3.05) is 17.6 Å². The Hall–Kier alpha value is -0.960. The fourth-order valence-electron chi connectivity index (χ4n) is 1.33. The van der Waals surface area contributed by atoms with Crippen LogP contribution in [0.5, 0.6) is 0 Å². The fourth-order valence-corrected chi connectivity index (χ4v) is 1.56. The van der Waals surface area contributed by atoms with E-state index in [0.29, 0.717) is 16.1 Å². The Morgan fingerprint density at radius 1 is 1.57 bits per heavy atom. The molecule has 0 atom stereocenters. The van der Waals surface area contributed by atoms with Crippen LogP contribution in [0.15, 0.2) is 12.4 Å². The Morgan fingerprint density at radius 2 is 2.29 bits per heavy atom. The lowest BCUT2D eigenvalue weighted by Gasteiger charge is -2.13. The maximum absolute atomic E-state index is 5.97. The number of pyridine rings is 1. The molecule has 1 aromatic heterocycles. The van der Waals surface area contributed by atoms with Gasteiger partial charge >= 0.3 is 0 Å². The Labute approximate surface area is 88.7 Å². The van der Waals surface area contributed by atoms with E-state index in [1.165, 1.54) is 12.8 Å². The van der Waals surface area contributed by atoms with Crippen LogP contribution in [-0.2, 0) is 0 Å². The molecule has 1 saturated carbocycles. The van der Waals surface area contributed by atoms with Gasteiger partial charge < -0.3 is 11.1 Å². The third-order valence-electron chi connectivity index (χ3n) is 2.72. The molecular weight excluding hydrogens is 198 g/mol. The van der Waals surface area contributed by atoms with Gasteiger partial charge in [-0.1, -0.05) is 18.5 Å². The molecule has 1 aliphatic carbocycles. The van der Waals surface area contributed by atoms with Crippen LogP contribution in [0.4, 0.5) is 11.4 Å². The van der Waals surface area contributed by atoms with Crippen molar-refractivity contribution in [1.29, 1.82) is 0 Å². The number of anilines is 2. The lowest BCUT2D eigenvalue weighted by Crippen LogP contribution is -2.13. The maximum Gasteiger partial charge on any atom is 0.0841 e. The van der Waals surface area contributed by atoms with Crippen LogP contribution in [0.1, 0.15) is 19.8 Å². The number of nitrogens with two attached hydrogens (primary N) is 1. The van der Waals surface area contributed by atoms with Gasteiger partial charge in [-0.15, -0.1) is 0 Å². The molecule has 3 nitrogen and oxygen atoms in total. The number of nitrogens with zero attached hydrogens (tertiary/aromatic N) is 1. The summed E-state index contributed by atoms with van der Waals surface area (Å²) in [6, 6.07) is 0. The lowest BCUT2D eigenvalue weighted by atomic mass is 10.1. The van der Waals surface area contributed by atoms with E-state index in [9.17, 15) is 0 Å².